The van der Waals surface area contributed by atoms with Crippen molar-refractivity contribution in [3.8, 4) is 11.5 Å². The number of halogens is 2. The van der Waals surface area contributed by atoms with Crippen LogP contribution < -0.4 is 5.73 Å². The van der Waals surface area contributed by atoms with Crippen LogP contribution in [0.15, 0.2) is 27.2 Å². The van der Waals surface area contributed by atoms with Gasteiger partial charge in [0.05, 0.1) is 11.1 Å². The fourth-order valence-electron chi connectivity index (χ4n) is 2.46. The fourth-order valence-corrected chi connectivity index (χ4v) is 2.97. The van der Waals surface area contributed by atoms with Crippen molar-refractivity contribution in [2.75, 3.05) is 0 Å². The first-order valence-electron chi connectivity index (χ1n) is 6.18. The number of hydrogen-bond acceptors (Lipinski definition) is 4. The van der Waals surface area contributed by atoms with E-state index < -0.39 is 11.4 Å². The van der Waals surface area contributed by atoms with Gasteiger partial charge in [0.1, 0.15) is 5.82 Å². The molecule has 1 fully saturated rings. The van der Waals surface area contributed by atoms with Crippen molar-refractivity contribution >= 4 is 15.9 Å². The lowest BCUT2D eigenvalue weighted by molar-refractivity contribution is 0.372. The third kappa shape index (κ3) is 2.19. The van der Waals surface area contributed by atoms with Crippen LogP contribution in [0, 0.1) is 5.82 Å². The summed E-state index contributed by atoms with van der Waals surface area (Å²) in [6.45, 7) is 0. The zero-order chi connectivity index (χ0) is 13.5. The average Bonchev–Trinajstić information content (AvgIpc) is 2.99. The highest BCUT2D eigenvalue weighted by molar-refractivity contribution is 9.10. The number of rotatable bonds is 2. The Morgan fingerprint density at radius 1 is 1.32 bits per heavy atom. The summed E-state index contributed by atoms with van der Waals surface area (Å²) in [5.41, 5.74) is 6.01. The number of benzene rings is 1. The highest BCUT2D eigenvalue weighted by Gasteiger charge is 2.36. The molecule has 0 spiro atoms. The van der Waals surface area contributed by atoms with Crippen molar-refractivity contribution in [2.24, 2.45) is 5.73 Å². The molecule has 1 aromatic carbocycles. The Balaban J connectivity index is 2.02. The van der Waals surface area contributed by atoms with Crippen LogP contribution in [0.25, 0.3) is 11.5 Å². The largest absolute Gasteiger partial charge is 0.334 e. The average molecular weight is 326 g/mol. The van der Waals surface area contributed by atoms with Gasteiger partial charge in [0.2, 0.25) is 0 Å². The highest BCUT2D eigenvalue weighted by Crippen LogP contribution is 2.36. The first-order chi connectivity index (χ1) is 9.10. The predicted octanol–water partition coefficient (Wildman–Crippen LogP) is 3.37. The molecule has 4 nitrogen and oxygen atoms in total. The van der Waals surface area contributed by atoms with Gasteiger partial charge >= 0.3 is 0 Å². The molecule has 0 bridgehead atoms. The maximum Gasteiger partial charge on any atom is 0.262 e. The lowest BCUT2D eigenvalue weighted by Gasteiger charge is -2.17. The van der Waals surface area contributed by atoms with Crippen LogP contribution in [0.4, 0.5) is 4.39 Å². The Bertz CT molecular complexity index is 587. The first-order valence-corrected chi connectivity index (χ1v) is 6.97. The maximum absolute atomic E-state index is 13.8. The monoisotopic (exact) mass is 325 g/mol. The molecule has 0 radical (unpaired) electrons. The molecular weight excluding hydrogens is 313 g/mol. The Labute approximate surface area is 118 Å². The van der Waals surface area contributed by atoms with E-state index in [0.29, 0.717) is 10.3 Å². The molecule has 0 aliphatic heterocycles. The van der Waals surface area contributed by atoms with E-state index in [-0.39, 0.29) is 11.5 Å². The lowest BCUT2D eigenvalue weighted by atomic mass is 9.99. The van der Waals surface area contributed by atoms with Gasteiger partial charge in [-0.15, -0.1) is 0 Å². The van der Waals surface area contributed by atoms with Crippen LogP contribution in [0.5, 0.6) is 0 Å². The molecule has 0 amide bonds. The van der Waals surface area contributed by atoms with Gasteiger partial charge in [-0.2, -0.15) is 4.98 Å². The summed E-state index contributed by atoms with van der Waals surface area (Å²) in [6, 6.07) is 4.70. The van der Waals surface area contributed by atoms with Crippen molar-refractivity contribution in [1.29, 1.82) is 0 Å². The number of hydrogen-bond donors (Lipinski definition) is 1. The van der Waals surface area contributed by atoms with E-state index in [1.807, 2.05) is 0 Å². The molecule has 1 saturated carbocycles. The van der Waals surface area contributed by atoms with Crippen LogP contribution >= 0.6 is 15.9 Å². The van der Waals surface area contributed by atoms with Gasteiger partial charge in [-0.1, -0.05) is 24.1 Å². The summed E-state index contributed by atoms with van der Waals surface area (Å²) in [6.07, 6.45) is 3.79. The summed E-state index contributed by atoms with van der Waals surface area (Å²) in [4.78, 5) is 4.28. The summed E-state index contributed by atoms with van der Waals surface area (Å²) in [7, 11) is 0. The molecule has 0 unspecified atom stereocenters. The molecule has 3 rings (SSSR count). The van der Waals surface area contributed by atoms with Gasteiger partial charge in [-0.05, 0) is 40.9 Å². The Morgan fingerprint density at radius 3 is 2.74 bits per heavy atom. The SMILES string of the molecule is NC1(c2noc(-c3c(F)cccc3Br)n2)CCCC1. The van der Waals surface area contributed by atoms with Gasteiger partial charge in [-0.3, -0.25) is 0 Å². The van der Waals surface area contributed by atoms with Gasteiger partial charge in [-0.25, -0.2) is 4.39 Å². The molecule has 100 valence electrons. The fraction of sp³-hybridized carbons (Fsp3) is 0.385. The minimum Gasteiger partial charge on any atom is -0.334 e. The molecule has 1 aliphatic rings. The van der Waals surface area contributed by atoms with Crippen LogP contribution in [-0.4, -0.2) is 10.1 Å². The minimum atomic E-state index is -0.528. The van der Waals surface area contributed by atoms with E-state index in [0.717, 1.165) is 25.7 Å². The Morgan fingerprint density at radius 2 is 2.05 bits per heavy atom. The third-order valence-corrected chi connectivity index (χ3v) is 4.20. The second kappa shape index (κ2) is 4.68. The van der Waals surface area contributed by atoms with Crippen LogP contribution in [-0.2, 0) is 5.54 Å². The van der Waals surface area contributed by atoms with Gasteiger partial charge in [0.25, 0.3) is 5.89 Å². The topological polar surface area (TPSA) is 64.9 Å². The van der Waals surface area contributed by atoms with Crippen LogP contribution in [0.3, 0.4) is 0 Å². The molecule has 1 aliphatic carbocycles. The number of nitrogens with two attached hydrogens (primary N) is 1. The van der Waals surface area contributed by atoms with Crippen molar-refractivity contribution in [3.05, 3.63) is 34.3 Å². The van der Waals surface area contributed by atoms with Gasteiger partial charge < -0.3 is 10.3 Å². The maximum atomic E-state index is 13.8. The first kappa shape index (κ1) is 12.7. The van der Waals surface area contributed by atoms with Crippen molar-refractivity contribution in [1.82, 2.24) is 10.1 Å². The molecule has 0 atom stereocenters. The molecule has 2 aromatic rings. The normalized spacial score (nSPS) is 17.8. The Kier molecular flexibility index (Phi) is 3.14. The summed E-state index contributed by atoms with van der Waals surface area (Å²) < 4.78 is 19.6. The van der Waals surface area contributed by atoms with Gasteiger partial charge in [0.15, 0.2) is 5.82 Å². The summed E-state index contributed by atoms with van der Waals surface area (Å²) >= 11 is 3.29. The molecule has 6 heteroatoms. The van der Waals surface area contributed by atoms with E-state index in [9.17, 15) is 4.39 Å². The predicted molar refractivity (Wildman–Crippen MR) is 71.7 cm³/mol. The molecule has 1 aromatic heterocycles. The van der Waals surface area contributed by atoms with Crippen LogP contribution in [0.2, 0.25) is 0 Å². The van der Waals surface area contributed by atoms with Crippen molar-refractivity contribution in [3.63, 3.8) is 0 Å². The number of aromatic nitrogens is 2. The van der Waals surface area contributed by atoms with E-state index in [1.54, 1.807) is 12.1 Å². The summed E-state index contributed by atoms with van der Waals surface area (Å²) in [5, 5.41) is 3.93. The quantitative estimate of drug-likeness (QED) is 0.919. The zero-order valence-electron chi connectivity index (χ0n) is 10.2. The molecular formula is C13H13BrFN3O. The summed E-state index contributed by atoms with van der Waals surface area (Å²) in [5.74, 6) is 0.230. The zero-order valence-corrected chi connectivity index (χ0v) is 11.8. The molecule has 0 saturated heterocycles. The lowest BCUT2D eigenvalue weighted by Crippen LogP contribution is -2.34. The third-order valence-electron chi connectivity index (χ3n) is 3.54. The van der Waals surface area contributed by atoms with E-state index in [4.69, 9.17) is 10.3 Å². The second-order valence-electron chi connectivity index (χ2n) is 4.88. The standard InChI is InChI=1S/C13H13BrFN3O/c14-8-4-3-5-9(15)10(8)11-17-12(18-19-11)13(16)6-1-2-7-13/h3-5H,1-2,6-7,16H2. The van der Waals surface area contributed by atoms with E-state index in [1.165, 1.54) is 6.07 Å². The highest BCUT2D eigenvalue weighted by atomic mass is 79.9. The van der Waals surface area contributed by atoms with E-state index in [2.05, 4.69) is 26.1 Å². The number of nitrogens with zero attached hydrogens (tertiary/aromatic N) is 2. The van der Waals surface area contributed by atoms with E-state index >= 15 is 0 Å². The van der Waals surface area contributed by atoms with Crippen LogP contribution in [0.1, 0.15) is 31.5 Å². The van der Waals surface area contributed by atoms with Crippen molar-refractivity contribution in [2.45, 2.75) is 31.2 Å². The second-order valence-corrected chi connectivity index (χ2v) is 5.74. The van der Waals surface area contributed by atoms with Crippen molar-refractivity contribution < 1.29 is 8.91 Å². The molecule has 1 heterocycles. The van der Waals surface area contributed by atoms with Gasteiger partial charge in [0, 0.05) is 4.47 Å². The Hall–Kier alpha value is -1.27. The molecule has 19 heavy (non-hydrogen) atoms. The minimum absolute atomic E-state index is 0.164. The molecule has 2 N–H and O–H groups in total. The smallest absolute Gasteiger partial charge is 0.262 e.